The molecule has 10 heteroatoms. The van der Waals surface area contributed by atoms with Gasteiger partial charge in [0, 0.05) is 37.3 Å². The van der Waals surface area contributed by atoms with E-state index in [1.807, 2.05) is 12.3 Å². The highest BCUT2D eigenvalue weighted by Gasteiger charge is 2.30. The molecule has 2 heterocycles. The second kappa shape index (κ2) is 8.03. The summed E-state index contributed by atoms with van der Waals surface area (Å²) in [6.07, 6.45) is 0. The summed E-state index contributed by atoms with van der Waals surface area (Å²) in [5.74, 6) is -0.216. The molecule has 1 aliphatic rings. The lowest BCUT2D eigenvalue weighted by atomic mass is 10.3. The van der Waals surface area contributed by atoms with E-state index in [1.165, 1.54) is 39.5 Å². The van der Waals surface area contributed by atoms with Gasteiger partial charge in [0.05, 0.1) is 10.6 Å². The van der Waals surface area contributed by atoms with Gasteiger partial charge in [-0.25, -0.2) is 17.8 Å². The SMILES string of the molecule is Cc1csc(SCC(=O)N2CCN(S(=O)(=O)c3ccc(F)cc3)CC2)n1. The summed E-state index contributed by atoms with van der Waals surface area (Å²) in [4.78, 5) is 18.4. The highest BCUT2D eigenvalue weighted by atomic mass is 32.2. The first kappa shape index (κ1) is 19.3. The Morgan fingerprint density at radius 1 is 1.23 bits per heavy atom. The fourth-order valence-electron chi connectivity index (χ4n) is 2.55. The highest BCUT2D eigenvalue weighted by Crippen LogP contribution is 2.23. The van der Waals surface area contributed by atoms with Gasteiger partial charge in [-0.2, -0.15) is 4.31 Å². The van der Waals surface area contributed by atoms with Crippen molar-refractivity contribution in [2.45, 2.75) is 16.2 Å². The zero-order valence-corrected chi connectivity index (χ0v) is 16.5. The first-order valence-electron chi connectivity index (χ1n) is 7.95. The van der Waals surface area contributed by atoms with E-state index < -0.39 is 15.8 Å². The third-order valence-electron chi connectivity index (χ3n) is 3.96. The van der Waals surface area contributed by atoms with Gasteiger partial charge in [-0.15, -0.1) is 11.3 Å². The lowest BCUT2D eigenvalue weighted by Gasteiger charge is -2.34. The molecule has 1 aromatic heterocycles. The molecule has 0 radical (unpaired) electrons. The normalized spacial score (nSPS) is 16.0. The van der Waals surface area contributed by atoms with Crippen molar-refractivity contribution in [2.24, 2.45) is 0 Å². The first-order chi connectivity index (χ1) is 12.4. The molecule has 0 saturated carbocycles. The van der Waals surface area contributed by atoms with Crippen molar-refractivity contribution >= 4 is 39.0 Å². The van der Waals surface area contributed by atoms with Crippen LogP contribution in [0.1, 0.15) is 5.69 Å². The molecule has 0 N–H and O–H groups in total. The van der Waals surface area contributed by atoms with Crippen LogP contribution in [0.15, 0.2) is 38.9 Å². The van der Waals surface area contributed by atoms with Gasteiger partial charge in [0.1, 0.15) is 5.82 Å². The van der Waals surface area contributed by atoms with Crippen LogP contribution in [0.5, 0.6) is 0 Å². The Hall–Kier alpha value is -1.49. The minimum Gasteiger partial charge on any atom is -0.339 e. The number of piperazine rings is 1. The van der Waals surface area contributed by atoms with Crippen molar-refractivity contribution in [3.8, 4) is 0 Å². The van der Waals surface area contributed by atoms with E-state index in [1.54, 1.807) is 4.90 Å². The van der Waals surface area contributed by atoms with Crippen LogP contribution in [0.25, 0.3) is 0 Å². The Bertz CT molecular complexity index is 876. The van der Waals surface area contributed by atoms with E-state index in [0.717, 1.165) is 22.2 Å². The molecule has 0 unspecified atom stereocenters. The zero-order chi connectivity index (χ0) is 18.7. The third kappa shape index (κ3) is 4.43. The van der Waals surface area contributed by atoms with Crippen LogP contribution in [0, 0.1) is 12.7 Å². The molecule has 1 aliphatic heterocycles. The number of thiazole rings is 1. The Morgan fingerprint density at radius 2 is 1.88 bits per heavy atom. The quantitative estimate of drug-likeness (QED) is 0.701. The maximum absolute atomic E-state index is 13.0. The smallest absolute Gasteiger partial charge is 0.243 e. The molecule has 1 saturated heterocycles. The molecule has 1 amide bonds. The second-order valence-electron chi connectivity index (χ2n) is 5.78. The largest absolute Gasteiger partial charge is 0.339 e. The van der Waals surface area contributed by atoms with Crippen LogP contribution in [-0.2, 0) is 14.8 Å². The Morgan fingerprint density at radius 3 is 2.46 bits per heavy atom. The molecule has 140 valence electrons. The maximum atomic E-state index is 13.0. The van der Waals surface area contributed by atoms with Crippen molar-refractivity contribution in [3.05, 3.63) is 41.2 Å². The van der Waals surface area contributed by atoms with Crippen molar-refractivity contribution in [2.75, 3.05) is 31.9 Å². The summed E-state index contributed by atoms with van der Waals surface area (Å²) in [6, 6.07) is 4.78. The number of benzene rings is 1. The maximum Gasteiger partial charge on any atom is 0.243 e. The molecule has 3 rings (SSSR count). The molecular weight excluding hydrogens is 397 g/mol. The number of carbonyl (C=O) groups excluding carboxylic acids is 1. The number of carbonyl (C=O) groups is 1. The van der Waals surface area contributed by atoms with Crippen LogP contribution in [0.3, 0.4) is 0 Å². The number of aryl methyl sites for hydroxylation is 1. The monoisotopic (exact) mass is 415 g/mol. The Balaban J connectivity index is 1.54. The minimum absolute atomic E-state index is 0.0262. The van der Waals surface area contributed by atoms with Crippen LogP contribution < -0.4 is 0 Å². The molecule has 0 aliphatic carbocycles. The van der Waals surface area contributed by atoms with E-state index in [-0.39, 0.29) is 29.6 Å². The Kier molecular flexibility index (Phi) is 5.96. The average molecular weight is 416 g/mol. The van der Waals surface area contributed by atoms with Gasteiger partial charge >= 0.3 is 0 Å². The molecule has 0 bridgehead atoms. The second-order valence-corrected chi connectivity index (χ2v) is 9.80. The number of aromatic nitrogens is 1. The van der Waals surface area contributed by atoms with Gasteiger partial charge in [0.15, 0.2) is 4.34 Å². The third-order valence-corrected chi connectivity index (χ3v) is 8.00. The number of rotatable bonds is 5. The first-order valence-corrected chi connectivity index (χ1v) is 11.3. The van der Waals surface area contributed by atoms with Crippen LogP contribution in [0.2, 0.25) is 0 Å². The molecular formula is C16H18FN3O3S3. The molecule has 1 fully saturated rings. The standard InChI is InChI=1S/C16H18FN3O3S3/c1-12-10-24-16(18-12)25-11-15(21)19-6-8-20(9-7-19)26(22,23)14-4-2-13(17)3-5-14/h2-5,10H,6-9,11H2,1H3. The molecule has 26 heavy (non-hydrogen) atoms. The van der Waals surface area contributed by atoms with E-state index in [2.05, 4.69) is 4.98 Å². The van der Waals surface area contributed by atoms with E-state index >= 15 is 0 Å². The van der Waals surface area contributed by atoms with Crippen molar-refractivity contribution in [1.82, 2.24) is 14.2 Å². The predicted molar refractivity (Wildman–Crippen MR) is 99.3 cm³/mol. The number of thioether (sulfide) groups is 1. The van der Waals surface area contributed by atoms with Gasteiger partial charge in [0.2, 0.25) is 15.9 Å². The summed E-state index contributed by atoms with van der Waals surface area (Å²) < 4.78 is 40.3. The van der Waals surface area contributed by atoms with Crippen LogP contribution in [0.4, 0.5) is 4.39 Å². The van der Waals surface area contributed by atoms with Crippen molar-refractivity contribution < 1.29 is 17.6 Å². The van der Waals surface area contributed by atoms with Gasteiger partial charge < -0.3 is 4.90 Å². The number of amides is 1. The molecule has 2 aromatic rings. The molecule has 0 spiro atoms. The fourth-order valence-corrected chi connectivity index (χ4v) is 5.72. The van der Waals surface area contributed by atoms with E-state index in [4.69, 9.17) is 0 Å². The van der Waals surface area contributed by atoms with E-state index in [9.17, 15) is 17.6 Å². The molecule has 0 atom stereocenters. The number of sulfonamides is 1. The number of hydrogen-bond acceptors (Lipinski definition) is 6. The van der Waals surface area contributed by atoms with Gasteiger partial charge in [-0.1, -0.05) is 11.8 Å². The zero-order valence-electron chi connectivity index (χ0n) is 14.1. The van der Waals surface area contributed by atoms with Crippen LogP contribution in [-0.4, -0.2) is 60.4 Å². The van der Waals surface area contributed by atoms with E-state index in [0.29, 0.717) is 13.1 Å². The van der Waals surface area contributed by atoms with Crippen molar-refractivity contribution in [3.63, 3.8) is 0 Å². The van der Waals surface area contributed by atoms with Gasteiger partial charge in [-0.3, -0.25) is 4.79 Å². The summed E-state index contributed by atoms with van der Waals surface area (Å²) in [7, 11) is -3.67. The fraction of sp³-hybridized carbons (Fsp3) is 0.375. The highest BCUT2D eigenvalue weighted by molar-refractivity contribution is 8.01. The number of nitrogens with zero attached hydrogens (tertiary/aromatic N) is 3. The van der Waals surface area contributed by atoms with Gasteiger partial charge in [-0.05, 0) is 31.2 Å². The summed E-state index contributed by atoms with van der Waals surface area (Å²) in [6.45, 7) is 3.05. The lowest BCUT2D eigenvalue weighted by molar-refractivity contribution is -0.129. The lowest BCUT2D eigenvalue weighted by Crippen LogP contribution is -2.50. The van der Waals surface area contributed by atoms with Crippen LogP contribution >= 0.6 is 23.1 Å². The molecule has 6 nitrogen and oxygen atoms in total. The summed E-state index contributed by atoms with van der Waals surface area (Å²) >= 11 is 2.90. The summed E-state index contributed by atoms with van der Waals surface area (Å²) in [5.41, 5.74) is 0.935. The average Bonchev–Trinajstić information content (AvgIpc) is 3.05. The van der Waals surface area contributed by atoms with Crippen molar-refractivity contribution in [1.29, 1.82) is 0 Å². The summed E-state index contributed by atoms with van der Waals surface area (Å²) in [5, 5.41) is 1.94. The minimum atomic E-state index is -3.67. The molecule has 1 aromatic carbocycles. The predicted octanol–water partition coefficient (Wildman–Crippen LogP) is 2.22. The number of hydrogen-bond donors (Lipinski definition) is 0. The van der Waals surface area contributed by atoms with Gasteiger partial charge in [0.25, 0.3) is 0 Å². The topological polar surface area (TPSA) is 70.6 Å². The number of halogens is 1. The Labute approximate surface area is 160 Å².